The highest BCUT2D eigenvalue weighted by Gasteiger charge is 2.31. The molecule has 1 aromatic carbocycles. The van der Waals surface area contributed by atoms with Gasteiger partial charge in [0, 0.05) is 26.2 Å². The van der Waals surface area contributed by atoms with Gasteiger partial charge in [0.1, 0.15) is 0 Å². The highest BCUT2D eigenvalue weighted by molar-refractivity contribution is 7.80. The summed E-state index contributed by atoms with van der Waals surface area (Å²) >= 11 is 4.75. The molecule has 0 saturated carbocycles. The number of rotatable bonds is 2. The Kier molecular flexibility index (Phi) is 4.58. The summed E-state index contributed by atoms with van der Waals surface area (Å²) in [5, 5.41) is 2.60. The predicted molar refractivity (Wildman–Crippen MR) is 81.6 cm³/mol. The van der Waals surface area contributed by atoms with Crippen molar-refractivity contribution in [2.24, 2.45) is 5.73 Å². The van der Waals surface area contributed by atoms with Gasteiger partial charge in [-0.25, -0.2) is 0 Å². The van der Waals surface area contributed by atoms with E-state index >= 15 is 0 Å². The Morgan fingerprint density at radius 1 is 1.24 bits per heavy atom. The van der Waals surface area contributed by atoms with Crippen LogP contribution in [0.15, 0.2) is 18.2 Å². The molecule has 1 aliphatic heterocycles. The van der Waals surface area contributed by atoms with Crippen LogP contribution < -0.4 is 16.0 Å². The van der Waals surface area contributed by atoms with Crippen molar-refractivity contribution in [3.8, 4) is 0 Å². The van der Waals surface area contributed by atoms with Crippen LogP contribution in [0.2, 0.25) is 0 Å². The summed E-state index contributed by atoms with van der Waals surface area (Å²) in [4.78, 5) is 4.20. The lowest BCUT2D eigenvalue weighted by Crippen LogP contribution is -2.44. The number of nitrogens with one attached hydrogen (secondary N) is 1. The summed E-state index contributed by atoms with van der Waals surface area (Å²) in [6.45, 7) is 3.20. The zero-order valence-electron chi connectivity index (χ0n) is 11.6. The Morgan fingerprint density at radius 3 is 2.38 bits per heavy atom. The minimum Gasteiger partial charge on any atom is -0.376 e. The van der Waals surface area contributed by atoms with Gasteiger partial charge in [-0.1, -0.05) is 0 Å². The lowest BCUT2D eigenvalue weighted by Gasteiger charge is -2.35. The van der Waals surface area contributed by atoms with Crippen molar-refractivity contribution < 1.29 is 13.2 Å². The number of hydrogen-bond donors (Lipinski definition) is 2. The van der Waals surface area contributed by atoms with E-state index in [1.165, 1.54) is 6.07 Å². The van der Waals surface area contributed by atoms with Gasteiger partial charge >= 0.3 is 6.18 Å². The molecule has 0 aromatic heterocycles. The van der Waals surface area contributed by atoms with Crippen molar-refractivity contribution in [3.63, 3.8) is 0 Å². The molecular weight excluding hydrogens is 301 g/mol. The van der Waals surface area contributed by atoms with Crippen molar-refractivity contribution in [3.05, 3.63) is 23.8 Å². The molecule has 0 radical (unpaired) electrons. The molecule has 1 saturated heterocycles. The Balaban J connectivity index is 2.33. The second kappa shape index (κ2) is 6.07. The minimum absolute atomic E-state index is 0.0512. The number of thiocarbonyl (C=S) groups is 1. The normalized spacial score (nSPS) is 16.9. The topological polar surface area (TPSA) is 44.5 Å². The maximum Gasteiger partial charge on any atom is 0.416 e. The molecule has 1 aromatic rings. The third kappa shape index (κ3) is 3.98. The second-order valence-corrected chi connectivity index (χ2v) is 5.45. The van der Waals surface area contributed by atoms with E-state index in [0.717, 1.165) is 38.3 Å². The maximum absolute atomic E-state index is 12.8. The van der Waals surface area contributed by atoms with Gasteiger partial charge in [0.05, 0.1) is 16.9 Å². The van der Waals surface area contributed by atoms with E-state index in [9.17, 15) is 13.2 Å². The molecule has 21 heavy (non-hydrogen) atoms. The number of nitrogens with zero attached hydrogens (tertiary/aromatic N) is 2. The number of hydrogen-bond acceptors (Lipinski definition) is 3. The fourth-order valence-electron chi connectivity index (χ4n) is 2.27. The van der Waals surface area contributed by atoms with Gasteiger partial charge in [0.15, 0.2) is 5.11 Å². The number of piperazine rings is 1. The fraction of sp³-hybridized carbons (Fsp3) is 0.462. The fourth-order valence-corrected chi connectivity index (χ4v) is 2.38. The summed E-state index contributed by atoms with van der Waals surface area (Å²) in [5.41, 5.74) is 5.67. The van der Waals surface area contributed by atoms with Crippen LogP contribution in [0, 0.1) is 0 Å². The Bertz CT molecular complexity index is 525. The number of anilines is 2. The summed E-state index contributed by atoms with van der Waals surface area (Å²) in [5.74, 6) is 0. The maximum atomic E-state index is 12.8. The first-order valence-electron chi connectivity index (χ1n) is 6.48. The van der Waals surface area contributed by atoms with Gasteiger partial charge in [-0.2, -0.15) is 13.2 Å². The van der Waals surface area contributed by atoms with Crippen LogP contribution in [0.3, 0.4) is 0 Å². The lowest BCUT2D eigenvalue weighted by atomic mass is 10.1. The number of benzene rings is 1. The van der Waals surface area contributed by atoms with Crippen molar-refractivity contribution >= 4 is 28.7 Å². The summed E-state index contributed by atoms with van der Waals surface area (Å²) in [7, 11) is 2.01. The van der Waals surface area contributed by atoms with E-state index in [1.54, 1.807) is 0 Å². The first-order valence-corrected chi connectivity index (χ1v) is 6.89. The van der Waals surface area contributed by atoms with Crippen LogP contribution in [0.5, 0.6) is 0 Å². The summed E-state index contributed by atoms with van der Waals surface area (Å²) < 4.78 is 38.5. The van der Waals surface area contributed by atoms with Gasteiger partial charge < -0.3 is 20.9 Å². The second-order valence-electron chi connectivity index (χ2n) is 5.01. The van der Waals surface area contributed by atoms with E-state index in [1.807, 2.05) is 11.9 Å². The first kappa shape index (κ1) is 15.8. The van der Waals surface area contributed by atoms with Crippen molar-refractivity contribution in [2.45, 2.75) is 6.18 Å². The van der Waals surface area contributed by atoms with E-state index in [2.05, 4.69) is 10.2 Å². The largest absolute Gasteiger partial charge is 0.416 e. The smallest absolute Gasteiger partial charge is 0.376 e. The van der Waals surface area contributed by atoms with E-state index in [4.69, 9.17) is 18.0 Å². The van der Waals surface area contributed by atoms with Crippen molar-refractivity contribution in [1.82, 2.24) is 4.90 Å². The molecule has 0 aliphatic carbocycles. The quantitative estimate of drug-likeness (QED) is 0.818. The minimum atomic E-state index is -4.40. The first-order chi connectivity index (χ1) is 9.77. The van der Waals surface area contributed by atoms with E-state index in [0.29, 0.717) is 11.4 Å². The molecule has 8 heteroatoms. The molecular formula is C13H17F3N4S. The van der Waals surface area contributed by atoms with Gasteiger partial charge in [-0.05, 0) is 37.5 Å². The molecule has 3 N–H and O–H groups in total. The molecule has 4 nitrogen and oxygen atoms in total. The average Bonchev–Trinajstić information content (AvgIpc) is 2.38. The predicted octanol–water partition coefficient (Wildman–Crippen LogP) is 2.11. The lowest BCUT2D eigenvalue weighted by molar-refractivity contribution is -0.137. The van der Waals surface area contributed by atoms with Gasteiger partial charge in [-0.3, -0.25) is 0 Å². The van der Waals surface area contributed by atoms with Crippen molar-refractivity contribution in [2.75, 3.05) is 43.4 Å². The highest BCUT2D eigenvalue weighted by Crippen LogP contribution is 2.35. The molecule has 1 aliphatic rings. The molecule has 0 spiro atoms. The van der Waals surface area contributed by atoms with Crippen LogP contribution in [0.1, 0.15) is 5.56 Å². The van der Waals surface area contributed by atoms with E-state index in [-0.39, 0.29) is 5.11 Å². The SMILES string of the molecule is CN1CCN(c2ccc(C(F)(F)F)cc2NC(N)=S)CC1. The number of halogens is 3. The van der Waals surface area contributed by atoms with E-state index < -0.39 is 11.7 Å². The molecule has 0 bridgehead atoms. The Labute approximate surface area is 126 Å². The zero-order valence-corrected chi connectivity index (χ0v) is 12.4. The monoisotopic (exact) mass is 318 g/mol. The highest BCUT2D eigenvalue weighted by atomic mass is 32.1. The molecule has 0 atom stereocenters. The van der Waals surface area contributed by atoms with Crippen molar-refractivity contribution in [1.29, 1.82) is 0 Å². The third-order valence-corrected chi connectivity index (χ3v) is 3.53. The zero-order chi connectivity index (χ0) is 15.6. The van der Waals surface area contributed by atoms with Crippen LogP contribution in [-0.4, -0.2) is 43.2 Å². The number of likely N-dealkylation sites (N-methyl/N-ethyl adjacent to an activating group) is 1. The van der Waals surface area contributed by atoms with Crippen LogP contribution in [0.25, 0.3) is 0 Å². The van der Waals surface area contributed by atoms with Gasteiger partial charge in [0.25, 0.3) is 0 Å². The number of nitrogens with two attached hydrogens (primary N) is 1. The molecule has 116 valence electrons. The summed E-state index contributed by atoms with van der Waals surface area (Å²) in [6, 6.07) is 3.60. The van der Waals surface area contributed by atoms with Crippen LogP contribution >= 0.6 is 12.2 Å². The molecule has 0 unspecified atom stereocenters. The Hall–Kier alpha value is -1.54. The molecule has 1 heterocycles. The standard InChI is InChI=1S/C13H17F3N4S/c1-19-4-6-20(7-5-19)11-3-2-9(13(14,15)16)8-10(11)18-12(17)21/h2-3,8H,4-7H2,1H3,(H3,17,18,21). The molecule has 0 amide bonds. The van der Waals surface area contributed by atoms with Crippen LogP contribution in [0.4, 0.5) is 24.5 Å². The average molecular weight is 318 g/mol. The molecule has 1 fully saturated rings. The van der Waals surface area contributed by atoms with Gasteiger partial charge in [0.2, 0.25) is 0 Å². The number of alkyl halides is 3. The third-order valence-electron chi connectivity index (χ3n) is 3.43. The van der Waals surface area contributed by atoms with Crippen LogP contribution in [-0.2, 0) is 6.18 Å². The molecule has 2 rings (SSSR count). The van der Waals surface area contributed by atoms with Gasteiger partial charge in [-0.15, -0.1) is 0 Å². The Morgan fingerprint density at radius 2 is 1.86 bits per heavy atom. The summed E-state index contributed by atoms with van der Waals surface area (Å²) in [6.07, 6.45) is -4.40.